The van der Waals surface area contributed by atoms with E-state index < -0.39 is 0 Å². The quantitative estimate of drug-likeness (QED) is 0.777. The third-order valence-electron chi connectivity index (χ3n) is 4.69. The van der Waals surface area contributed by atoms with Gasteiger partial charge >= 0.3 is 0 Å². The van der Waals surface area contributed by atoms with Crippen molar-refractivity contribution in [1.29, 1.82) is 5.26 Å². The van der Waals surface area contributed by atoms with Crippen LogP contribution in [0.2, 0.25) is 0 Å². The average molecular weight is 290 g/mol. The Morgan fingerprint density at radius 1 is 1.40 bits per heavy atom. The van der Waals surface area contributed by atoms with Crippen LogP contribution >= 0.6 is 11.3 Å². The molecule has 1 heterocycles. The van der Waals surface area contributed by atoms with Crippen LogP contribution in [-0.4, -0.2) is 4.98 Å². The Morgan fingerprint density at radius 2 is 2.05 bits per heavy atom. The average Bonchev–Trinajstić information content (AvgIpc) is 2.88. The Balaban J connectivity index is 2.08. The molecule has 0 spiro atoms. The number of hydrogen-bond donors (Lipinski definition) is 0. The molecule has 0 radical (unpaired) electrons. The van der Waals surface area contributed by atoms with Gasteiger partial charge in [0.2, 0.25) is 0 Å². The highest BCUT2D eigenvalue weighted by Gasteiger charge is 2.36. The van der Waals surface area contributed by atoms with E-state index in [0.717, 1.165) is 35.9 Å². The van der Waals surface area contributed by atoms with Crippen molar-refractivity contribution in [1.82, 2.24) is 4.98 Å². The molecule has 0 bridgehead atoms. The Labute approximate surface area is 127 Å². The van der Waals surface area contributed by atoms with Gasteiger partial charge in [-0.3, -0.25) is 0 Å². The first-order valence-corrected chi connectivity index (χ1v) is 8.63. The Hall–Kier alpha value is -0.880. The molecule has 1 aromatic rings. The molecule has 0 aliphatic heterocycles. The highest BCUT2D eigenvalue weighted by atomic mass is 32.1. The van der Waals surface area contributed by atoms with Crippen LogP contribution in [0, 0.1) is 22.7 Å². The van der Waals surface area contributed by atoms with Crippen molar-refractivity contribution in [3.63, 3.8) is 0 Å². The van der Waals surface area contributed by atoms with E-state index in [0.29, 0.717) is 0 Å². The van der Waals surface area contributed by atoms with Crippen molar-refractivity contribution in [3.05, 3.63) is 16.1 Å². The van der Waals surface area contributed by atoms with Crippen LogP contribution in [0.1, 0.15) is 70.5 Å². The fraction of sp³-hybridized carbons (Fsp3) is 0.765. The lowest BCUT2D eigenvalue weighted by atomic mass is 9.69. The number of nitriles is 1. The van der Waals surface area contributed by atoms with Gasteiger partial charge in [0.05, 0.1) is 22.2 Å². The molecule has 1 aromatic heterocycles. The van der Waals surface area contributed by atoms with Gasteiger partial charge in [0, 0.05) is 17.2 Å². The summed E-state index contributed by atoms with van der Waals surface area (Å²) in [7, 11) is 0. The van der Waals surface area contributed by atoms with E-state index in [1.54, 1.807) is 11.3 Å². The zero-order valence-corrected chi connectivity index (χ0v) is 14.0. The number of nitrogens with zero attached hydrogens (tertiary/aromatic N) is 2. The van der Waals surface area contributed by atoms with E-state index in [2.05, 4.69) is 39.1 Å². The van der Waals surface area contributed by atoms with Crippen LogP contribution in [-0.2, 0) is 11.8 Å². The molecular weight excluding hydrogens is 264 g/mol. The molecule has 1 fully saturated rings. The van der Waals surface area contributed by atoms with E-state index in [-0.39, 0.29) is 10.8 Å². The predicted molar refractivity (Wildman–Crippen MR) is 84.8 cm³/mol. The highest BCUT2D eigenvalue weighted by molar-refractivity contribution is 7.09. The van der Waals surface area contributed by atoms with Crippen molar-refractivity contribution in [2.75, 3.05) is 0 Å². The van der Waals surface area contributed by atoms with E-state index in [1.807, 2.05) is 0 Å². The molecule has 1 aliphatic rings. The van der Waals surface area contributed by atoms with Crippen molar-refractivity contribution in [3.8, 4) is 6.07 Å². The summed E-state index contributed by atoms with van der Waals surface area (Å²) in [5.74, 6) is 0.831. The second-order valence-corrected chi connectivity index (χ2v) is 8.24. The standard InChI is InChI=1S/C17H26N2S/c1-5-13-6-8-17(12-18,9-7-13)10-15-19-14(11-20-15)16(2,3)4/h11,13H,5-10H2,1-4H3. The van der Waals surface area contributed by atoms with Crippen molar-refractivity contribution in [2.24, 2.45) is 11.3 Å². The van der Waals surface area contributed by atoms with Gasteiger partial charge in [-0.25, -0.2) is 4.98 Å². The fourth-order valence-electron chi connectivity index (χ4n) is 2.99. The van der Waals surface area contributed by atoms with Gasteiger partial charge < -0.3 is 0 Å². The first-order valence-electron chi connectivity index (χ1n) is 7.75. The van der Waals surface area contributed by atoms with E-state index in [1.165, 1.54) is 19.3 Å². The van der Waals surface area contributed by atoms with E-state index >= 15 is 0 Å². The van der Waals surface area contributed by atoms with Gasteiger partial charge in [0.25, 0.3) is 0 Å². The summed E-state index contributed by atoms with van der Waals surface area (Å²) < 4.78 is 0. The van der Waals surface area contributed by atoms with Gasteiger partial charge in [-0.1, -0.05) is 34.1 Å². The van der Waals surface area contributed by atoms with Crippen molar-refractivity contribution in [2.45, 2.75) is 71.6 Å². The molecule has 0 saturated heterocycles. The molecule has 110 valence electrons. The minimum Gasteiger partial charge on any atom is -0.246 e. The Morgan fingerprint density at radius 3 is 2.50 bits per heavy atom. The molecule has 0 amide bonds. The molecule has 1 saturated carbocycles. The molecule has 20 heavy (non-hydrogen) atoms. The molecule has 0 atom stereocenters. The lowest BCUT2D eigenvalue weighted by molar-refractivity contribution is 0.205. The minimum atomic E-state index is -0.154. The zero-order valence-electron chi connectivity index (χ0n) is 13.2. The molecule has 0 N–H and O–H groups in total. The first-order chi connectivity index (χ1) is 9.38. The Bertz CT molecular complexity index is 482. The molecule has 2 nitrogen and oxygen atoms in total. The van der Waals surface area contributed by atoms with Crippen molar-refractivity contribution < 1.29 is 0 Å². The largest absolute Gasteiger partial charge is 0.246 e. The summed E-state index contributed by atoms with van der Waals surface area (Å²) in [5.41, 5.74) is 1.11. The van der Waals surface area contributed by atoms with Crippen LogP contribution in [0.25, 0.3) is 0 Å². The van der Waals surface area contributed by atoms with Crippen LogP contribution < -0.4 is 0 Å². The molecule has 3 heteroatoms. The van der Waals surface area contributed by atoms with E-state index in [4.69, 9.17) is 4.98 Å². The lowest BCUT2D eigenvalue weighted by Gasteiger charge is -2.34. The SMILES string of the molecule is CCC1CCC(C#N)(Cc2nc(C(C)(C)C)cs2)CC1. The molecular formula is C17H26N2S. The number of aromatic nitrogens is 1. The predicted octanol–water partition coefficient (Wildman–Crippen LogP) is 5.09. The maximum atomic E-state index is 9.66. The fourth-order valence-corrected chi connectivity index (χ4v) is 4.16. The number of thiazole rings is 1. The molecule has 0 unspecified atom stereocenters. The smallest absolute Gasteiger partial charge is 0.0944 e. The van der Waals surface area contributed by atoms with Crippen LogP contribution in [0.15, 0.2) is 5.38 Å². The second kappa shape index (κ2) is 5.85. The summed E-state index contributed by atoms with van der Waals surface area (Å²) in [4.78, 5) is 4.78. The van der Waals surface area contributed by atoms with Gasteiger partial charge in [-0.15, -0.1) is 11.3 Å². The number of hydrogen-bond acceptors (Lipinski definition) is 3. The van der Waals surface area contributed by atoms with Gasteiger partial charge in [-0.2, -0.15) is 5.26 Å². The third kappa shape index (κ3) is 3.41. The summed E-state index contributed by atoms with van der Waals surface area (Å²) in [6, 6.07) is 2.63. The third-order valence-corrected chi connectivity index (χ3v) is 5.54. The lowest BCUT2D eigenvalue weighted by Crippen LogP contribution is -2.28. The molecule has 0 aromatic carbocycles. The van der Waals surface area contributed by atoms with Gasteiger partial charge in [-0.05, 0) is 31.6 Å². The maximum Gasteiger partial charge on any atom is 0.0944 e. The summed E-state index contributed by atoms with van der Waals surface area (Å²) in [6.45, 7) is 8.84. The van der Waals surface area contributed by atoms with Crippen LogP contribution in [0.4, 0.5) is 0 Å². The van der Waals surface area contributed by atoms with Crippen molar-refractivity contribution >= 4 is 11.3 Å². The van der Waals surface area contributed by atoms with Crippen LogP contribution in [0.5, 0.6) is 0 Å². The van der Waals surface area contributed by atoms with Gasteiger partial charge in [0.15, 0.2) is 0 Å². The first kappa shape index (κ1) is 15.5. The Kier molecular flexibility index (Phi) is 4.54. The second-order valence-electron chi connectivity index (χ2n) is 7.30. The number of rotatable bonds is 3. The minimum absolute atomic E-state index is 0.106. The maximum absolute atomic E-state index is 9.66. The molecule has 2 rings (SSSR count). The highest BCUT2D eigenvalue weighted by Crippen LogP contribution is 2.42. The topological polar surface area (TPSA) is 36.7 Å². The monoisotopic (exact) mass is 290 g/mol. The zero-order chi connectivity index (χ0) is 14.8. The summed E-state index contributed by atoms with van der Waals surface area (Å²) >= 11 is 1.73. The summed E-state index contributed by atoms with van der Waals surface area (Å²) in [5, 5.41) is 13.0. The summed E-state index contributed by atoms with van der Waals surface area (Å²) in [6.07, 6.45) is 6.62. The normalized spacial score (nSPS) is 27.2. The van der Waals surface area contributed by atoms with E-state index in [9.17, 15) is 5.26 Å². The molecule has 1 aliphatic carbocycles. The van der Waals surface area contributed by atoms with Gasteiger partial charge in [0.1, 0.15) is 0 Å². The van der Waals surface area contributed by atoms with Crippen LogP contribution in [0.3, 0.4) is 0 Å².